The topological polar surface area (TPSA) is 81.1 Å². The van der Waals surface area contributed by atoms with E-state index in [1.165, 1.54) is 15.9 Å². The molecule has 108 valence electrons. The van der Waals surface area contributed by atoms with E-state index in [9.17, 15) is 14.9 Å². The van der Waals surface area contributed by atoms with Crippen molar-refractivity contribution in [3.63, 3.8) is 0 Å². The van der Waals surface area contributed by atoms with Gasteiger partial charge in [-0.25, -0.2) is 0 Å². The number of likely N-dealkylation sites (N-methyl/N-ethyl adjacent to an activating group) is 1. The van der Waals surface area contributed by atoms with Gasteiger partial charge >= 0.3 is 0 Å². The van der Waals surface area contributed by atoms with Crippen LogP contribution in [0.15, 0.2) is 24.3 Å². The number of carbonyl (C=O) groups excluding carboxylic acids is 1. The van der Waals surface area contributed by atoms with E-state index in [4.69, 9.17) is 0 Å². The summed E-state index contributed by atoms with van der Waals surface area (Å²) in [7, 11) is 2.14. The van der Waals surface area contributed by atoms with Gasteiger partial charge in [0.1, 0.15) is 31.9 Å². The van der Waals surface area contributed by atoms with Crippen LogP contribution in [-0.4, -0.2) is 50.6 Å². The van der Waals surface area contributed by atoms with E-state index < -0.39 is 4.92 Å². The summed E-state index contributed by atoms with van der Waals surface area (Å²) in [6, 6.07) is 6.21. The quantitative estimate of drug-likeness (QED) is 0.438. The van der Waals surface area contributed by atoms with Crippen LogP contribution in [0.25, 0.3) is 0 Å². The number of amides is 1. The van der Waals surface area contributed by atoms with Crippen molar-refractivity contribution in [2.75, 3.05) is 45.1 Å². The maximum absolute atomic E-state index is 12.0. The normalized spacial score (nSPS) is 22.2. The van der Waals surface area contributed by atoms with Crippen molar-refractivity contribution >= 4 is 17.3 Å². The van der Waals surface area contributed by atoms with E-state index in [0.717, 1.165) is 26.2 Å². The van der Waals surface area contributed by atoms with Gasteiger partial charge in [0.05, 0.1) is 12.0 Å². The van der Waals surface area contributed by atoms with E-state index in [0.29, 0.717) is 6.54 Å². The molecule has 0 saturated carbocycles. The zero-order chi connectivity index (χ0) is 14.5. The third-order valence-corrected chi connectivity index (χ3v) is 3.60. The minimum Gasteiger partial charge on any atom is -0.328 e. The van der Waals surface area contributed by atoms with Gasteiger partial charge in [-0.2, -0.15) is 0 Å². The highest BCUT2D eigenvalue weighted by molar-refractivity contribution is 5.93. The second-order valence-electron chi connectivity index (χ2n) is 5.21. The third-order valence-electron chi connectivity index (χ3n) is 3.60. The summed E-state index contributed by atoms with van der Waals surface area (Å²) >= 11 is 0. The second kappa shape index (κ2) is 6.44. The minimum absolute atomic E-state index is 0.0707. The molecule has 0 unspecified atom stereocenters. The number of anilines is 1. The Morgan fingerprint density at radius 1 is 1.30 bits per heavy atom. The number of nitro benzene ring substituents is 1. The van der Waals surface area contributed by atoms with Crippen molar-refractivity contribution in [2.24, 2.45) is 0 Å². The van der Waals surface area contributed by atoms with Crippen LogP contribution in [0.5, 0.6) is 0 Å². The first-order valence-corrected chi connectivity index (χ1v) is 6.74. The van der Waals surface area contributed by atoms with Crippen molar-refractivity contribution in [1.29, 1.82) is 0 Å². The second-order valence-corrected chi connectivity index (χ2v) is 5.21. The molecule has 1 heterocycles. The fourth-order valence-corrected chi connectivity index (χ4v) is 2.37. The molecule has 7 nitrogen and oxygen atoms in total. The average Bonchev–Trinajstić information content (AvgIpc) is 2.41. The van der Waals surface area contributed by atoms with Crippen LogP contribution in [0.1, 0.15) is 0 Å². The number of piperazine rings is 1. The van der Waals surface area contributed by atoms with Gasteiger partial charge in [-0.1, -0.05) is 12.1 Å². The highest BCUT2D eigenvalue weighted by atomic mass is 16.6. The van der Waals surface area contributed by atoms with Crippen molar-refractivity contribution in [2.45, 2.75) is 0 Å². The zero-order valence-electron chi connectivity index (χ0n) is 11.5. The van der Waals surface area contributed by atoms with Crippen LogP contribution in [0, 0.1) is 10.1 Å². The third kappa shape index (κ3) is 3.75. The van der Waals surface area contributed by atoms with Crippen LogP contribution >= 0.6 is 0 Å². The molecule has 0 spiro atoms. The summed E-state index contributed by atoms with van der Waals surface area (Å²) in [4.78, 5) is 25.1. The Kier molecular flexibility index (Phi) is 4.65. The molecule has 2 rings (SSSR count). The van der Waals surface area contributed by atoms with E-state index in [-0.39, 0.29) is 17.3 Å². The lowest BCUT2D eigenvalue weighted by Crippen LogP contribution is -3.27. The summed E-state index contributed by atoms with van der Waals surface area (Å²) in [6.45, 7) is 4.37. The van der Waals surface area contributed by atoms with E-state index >= 15 is 0 Å². The molecule has 0 atom stereocenters. The Morgan fingerprint density at radius 3 is 2.60 bits per heavy atom. The molecule has 20 heavy (non-hydrogen) atoms. The Morgan fingerprint density at radius 2 is 1.95 bits per heavy atom. The van der Waals surface area contributed by atoms with Gasteiger partial charge in [-0.05, 0) is 6.07 Å². The highest BCUT2D eigenvalue weighted by Gasteiger charge is 2.23. The number of hydrogen-bond acceptors (Lipinski definition) is 3. The fraction of sp³-hybridized carbons (Fsp3) is 0.462. The Labute approximate surface area is 117 Å². The first kappa shape index (κ1) is 14.4. The molecule has 1 aromatic rings. The molecule has 0 aliphatic carbocycles. The number of benzene rings is 1. The monoisotopic (exact) mass is 280 g/mol. The van der Waals surface area contributed by atoms with Gasteiger partial charge in [-0.3, -0.25) is 14.9 Å². The van der Waals surface area contributed by atoms with Gasteiger partial charge in [0.25, 0.3) is 11.6 Å². The molecule has 1 fully saturated rings. The number of nitrogens with zero attached hydrogens (tertiary/aromatic N) is 1. The van der Waals surface area contributed by atoms with Crippen LogP contribution in [-0.2, 0) is 4.79 Å². The van der Waals surface area contributed by atoms with Crippen molar-refractivity contribution in [3.05, 3.63) is 34.4 Å². The number of hydrogen-bond donors (Lipinski definition) is 3. The van der Waals surface area contributed by atoms with Crippen LogP contribution in [0.4, 0.5) is 11.4 Å². The standard InChI is InChI=1S/C13H18N4O3/c1-15-6-8-16(9-7-15)10-13(18)14-11-4-2-3-5-12(11)17(19)20/h2-5H,6-10H2,1H3,(H,14,18)/p+2. The van der Waals surface area contributed by atoms with Crippen molar-refractivity contribution in [3.8, 4) is 0 Å². The summed E-state index contributed by atoms with van der Waals surface area (Å²) in [6.07, 6.45) is 0. The molecule has 1 amide bonds. The number of para-hydroxylation sites is 2. The van der Waals surface area contributed by atoms with E-state index in [1.54, 1.807) is 18.2 Å². The van der Waals surface area contributed by atoms with Gasteiger partial charge in [0.15, 0.2) is 6.54 Å². The molecule has 1 saturated heterocycles. The lowest BCUT2D eigenvalue weighted by atomic mass is 10.2. The molecule has 1 aliphatic rings. The molecule has 0 radical (unpaired) electrons. The summed E-state index contributed by atoms with van der Waals surface area (Å²) in [5, 5.41) is 13.5. The van der Waals surface area contributed by atoms with Gasteiger partial charge in [0, 0.05) is 6.07 Å². The SMILES string of the molecule is C[NH+]1CC[NH+](CC(=O)Nc2ccccc2[N+](=O)[O-])CC1. The molecule has 1 aromatic carbocycles. The van der Waals surface area contributed by atoms with Crippen molar-refractivity contribution in [1.82, 2.24) is 0 Å². The predicted molar refractivity (Wildman–Crippen MR) is 73.9 cm³/mol. The van der Waals surface area contributed by atoms with Gasteiger partial charge in [0.2, 0.25) is 0 Å². The van der Waals surface area contributed by atoms with Crippen molar-refractivity contribution < 1.29 is 19.5 Å². The van der Waals surface area contributed by atoms with Crippen LogP contribution in [0.2, 0.25) is 0 Å². The maximum Gasteiger partial charge on any atom is 0.292 e. The van der Waals surface area contributed by atoms with Gasteiger partial charge < -0.3 is 15.1 Å². The number of quaternary nitrogens is 2. The first-order valence-electron chi connectivity index (χ1n) is 6.74. The molecule has 1 aliphatic heterocycles. The number of carbonyl (C=O) groups is 1. The zero-order valence-corrected chi connectivity index (χ0v) is 11.5. The smallest absolute Gasteiger partial charge is 0.292 e. The van der Waals surface area contributed by atoms with E-state index in [2.05, 4.69) is 12.4 Å². The molecular weight excluding hydrogens is 260 g/mol. The first-order chi connectivity index (χ1) is 9.56. The maximum atomic E-state index is 12.0. The molecular formula is C13H20N4O3+2. The lowest BCUT2D eigenvalue weighted by molar-refractivity contribution is -0.999. The summed E-state index contributed by atoms with van der Waals surface area (Å²) < 4.78 is 0. The lowest BCUT2D eigenvalue weighted by Gasteiger charge is -2.26. The summed E-state index contributed by atoms with van der Waals surface area (Å²) in [5.74, 6) is -0.172. The average molecular weight is 280 g/mol. The van der Waals surface area contributed by atoms with E-state index in [1.807, 2.05) is 0 Å². The molecule has 0 aromatic heterocycles. The summed E-state index contributed by atoms with van der Waals surface area (Å²) in [5.41, 5.74) is 0.195. The highest BCUT2D eigenvalue weighted by Crippen LogP contribution is 2.22. The molecule has 3 N–H and O–H groups in total. The van der Waals surface area contributed by atoms with Crippen LogP contribution in [0.3, 0.4) is 0 Å². The Bertz CT molecular complexity index is 498. The minimum atomic E-state index is -0.484. The fourth-order valence-electron chi connectivity index (χ4n) is 2.37. The largest absolute Gasteiger partial charge is 0.328 e. The van der Waals surface area contributed by atoms with Crippen LogP contribution < -0.4 is 15.1 Å². The van der Waals surface area contributed by atoms with Gasteiger partial charge in [-0.15, -0.1) is 0 Å². The molecule has 7 heteroatoms. The number of nitro groups is 1. The number of nitrogens with one attached hydrogen (secondary N) is 3. The molecule has 0 bridgehead atoms. The number of rotatable bonds is 4. The Balaban J connectivity index is 1.93. The Hall–Kier alpha value is -1.99. The predicted octanol–water partition coefficient (Wildman–Crippen LogP) is -2.05.